The van der Waals surface area contributed by atoms with Crippen LogP contribution in [0.5, 0.6) is 0 Å². The van der Waals surface area contributed by atoms with E-state index in [4.69, 9.17) is 0 Å². The molecular weight excluding hydrogens is 132 g/mol. The molecule has 51 valence electrons. The Balaban J connectivity index is 2.56. The molecule has 0 heteroatoms. The zero-order chi connectivity index (χ0) is 7.26. The number of benzene rings is 2. The highest BCUT2D eigenvalue weighted by atomic mass is 14.2. The van der Waals surface area contributed by atoms with Crippen molar-refractivity contribution in [2.24, 2.45) is 0 Å². The maximum atomic E-state index is 2.22. The summed E-state index contributed by atoms with van der Waals surface area (Å²) in [6.45, 7) is 0. The van der Waals surface area contributed by atoms with Crippen molar-refractivity contribution in [3.05, 3.63) is 53.9 Å². The summed E-state index contributed by atoms with van der Waals surface area (Å²) in [7, 11) is 0. The SMILES string of the molecule is [CH]1c2ccc3ccccc3c21. The highest BCUT2D eigenvalue weighted by Crippen LogP contribution is 2.36. The molecule has 0 heterocycles. The van der Waals surface area contributed by atoms with E-state index in [0.717, 1.165) is 0 Å². The van der Waals surface area contributed by atoms with E-state index in [2.05, 4.69) is 42.8 Å². The lowest BCUT2D eigenvalue weighted by Crippen LogP contribution is -1.67. The molecule has 0 aliphatic heterocycles. The van der Waals surface area contributed by atoms with Gasteiger partial charge in [-0.15, -0.1) is 0 Å². The minimum absolute atomic E-state index is 1.35. The Kier molecular flexibility index (Phi) is 0.803. The molecule has 0 spiro atoms. The minimum Gasteiger partial charge on any atom is -0.0616 e. The summed E-state index contributed by atoms with van der Waals surface area (Å²) in [6, 6.07) is 12.9. The van der Waals surface area contributed by atoms with Crippen LogP contribution in [-0.2, 0) is 0 Å². The largest absolute Gasteiger partial charge is 0.0616 e. The van der Waals surface area contributed by atoms with Crippen molar-refractivity contribution in [2.75, 3.05) is 0 Å². The second-order valence-electron chi connectivity index (χ2n) is 2.93. The van der Waals surface area contributed by atoms with E-state index in [1.54, 1.807) is 0 Å². The second kappa shape index (κ2) is 1.65. The first-order valence-corrected chi connectivity index (χ1v) is 3.82. The first-order valence-electron chi connectivity index (χ1n) is 3.82. The zero-order valence-electron chi connectivity index (χ0n) is 6.04. The molecule has 0 aromatic heterocycles. The maximum absolute atomic E-state index is 2.22. The van der Waals surface area contributed by atoms with E-state index in [1.807, 2.05) is 0 Å². The molecule has 0 saturated carbocycles. The Bertz CT molecular complexity index is 427. The lowest BCUT2D eigenvalue weighted by Gasteiger charge is -1.92. The van der Waals surface area contributed by atoms with Crippen LogP contribution in [0.25, 0.3) is 10.8 Å². The first-order chi connectivity index (χ1) is 5.45. The Morgan fingerprint density at radius 1 is 0.818 bits per heavy atom. The third kappa shape index (κ3) is 0.640. The summed E-state index contributed by atoms with van der Waals surface area (Å²) in [5.41, 5.74) is 2.84. The van der Waals surface area contributed by atoms with Crippen molar-refractivity contribution in [1.82, 2.24) is 0 Å². The van der Waals surface area contributed by atoms with Crippen molar-refractivity contribution >= 4 is 10.8 Å². The van der Waals surface area contributed by atoms with Gasteiger partial charge in [-0.2, -0.15) is 0 Å². The smallest absolute Gasteiger partial charge is 0.0211 e. The van der Waals surface area contributed by atoms with Crippen molar-refractivity contribution in [3.8, 4) is 0 Å². The number of fused-ring (bicyclic) bond motifs is 3. The molecule has 0 nitrogen and oxygen atoms in total. The molecule has 0 saturated heterocycles. The van der Waals surface area contributed by atoms with E-state index >= 15 is 0 Å². The fourth-order valence-corrected chi connectivity index (χ4v) is 1.56. The van der Waals surface area contributed by atoms with Crippen LogP contribution in [0, 0.1) is 6.42 Å². The molecule has 1 aliphatic rings. The molecular formula is C11H7. The molecule has 0 unspecified atom stereocenters. The molecule has 0 bridgehead atoms. The van der Waals surface area contributed by atoms with Crippen LogP contribution >= 0.6 is 0 Å². The van der Waals surface area contributed by atoms with Gasteiger partial charge in [-0.05, 0) is 21.9 Å². The van der Waals surface area contributed by atoms with Crippen LogP contribution in [0.2, 0.25) is 0 Å². The summed E-state index contributed by atoms with van der Waals surface area (Å²) < 4.78 is 0. The molecule has 2 aromatic rings. The average molecular weight is 139 g/mol. The highest BCUT2D eigenvalue weighted by Gasteiger charge is 2.18. The van der Waals surface area contributed by atoms with Gasteiger partial charge in [0.2, 0.25) is 0 Å². The van der Waals surface area contributed by atoms with Crippen molar-refractivity contribution < 1.29 is 0 Å². The normalized spacial score (nSPS) is 13.1. The van der Waals surface area contributed by atoms with E-state index in [-0.39, 0.29) is 0 Å². The van der Waals surface area contributed by atoms with Crippen LogP contribution in [0.4, 0.5) is 0 Å². The monoisotopic (exact) mass is 139 g/mol. The molecule has 2 aromatic carbocycles. The number of hydrogen-bond donors (Lipinski definition) is 0. The van der Waals surface area contributed by atoms with Gasteiger partial charge in [0.1, 0.15) is 0 Å². The van der Waals surface area contributed by atoms with Crippen LogP contribution in [0.1, 0.15) is 11.1 Å². The first kappa shape index (κ1) is 5.36. The van der Waals surface area contributed by atoms with Crippen LogP contribution in [0.3, 0.4) is 0 Å². The third-order valence-electron chi connectivity index (χ3n) is 2.22. The van der Waals surface area contributed by atoms with Gasteiger partial charge >= 0.3 is 0 Å². The molecule has 0 atom stereocenters. The fraction of sp³-hybridized carbons (Fsp3) is 0. The van der Waals surface area contributed by atoms with E-state index in [9.17, 15) is 0 Å². The summed E-state index contributed by atoms with van der Waals surface area (Å²) in [4.78, 5) is 0. The molecule has 1 aliphatic carbocycles. The lowest BCUT2D eigenvalue weighted by molar-refractivity contribution is 1.78. The van der Waals surface area contributed by atoms with Gasteiger partial charge < -0.3 is 0 Å². The number of hydrogen-bond acceptors (Lipinski definition) is 0. The van der Waals surface area contributed by atoms with E-state index in [0.29, 0.717) is 0 Å². The second-order valence-corrected chi connectivity index (χ2v) is 2.93. The molecule has 1 radical (unpaired) electrons. The van der Waals surface area contributed by atoms with Crippen LogP contribution < -0.4 is 0 Å². The van der Waals surface area contributed by atoms with E-state index < -0.39 is 0 Å². The van der Waals surface area contributed by atoms with Crippen molar-refractivity contribution in [3.63, 3.8) is 0 Å². The summed E-state index contributed by atoms with van der Waals surface area (Å²) in [6.07, 6.45) is 2.22. The van der Waals surface area contributed by atoms with Gasteiger partial charge in [0.15, 0.2) is 0 Å². The summed E-state index contributed by atoms with van der Waals surface area (Å²) in [5.74, 6) is 0. The average Bonchev–Trinajstić information content (AvgIpc) is 2.83. The van der Waals surface area contributed by atoms with Gasteiger partial charge in [0.25, 0.3) is 0 Å². The lowest BCUT2D eigenvalue weighted by atomic mass is 10.1. The van der Waals surface area contributed by atoms with Crippen LogP contribution in [-0.4, -0.2) is 0 Å². The fourth-order valence-electron chi connectivity index (χ4n) is 1.56. The quantitative estimate of drug-likeness (QED) is 0.449. The third-order valence-corrected chi connectivity index (χ3v) is 2.22. The molecule has 11 heavy (non-hydrogen) atoms. The Morgan fingerprint density at radius 2 is 1.73 bits per heavy atom. The molecule has 0 amide bonds. The molecule has 0 fully saturated rings. The van der Waals surface area contributed by atoms with Crippen molar-refractivity contribution in [2.45, 2.75) is 0 Å². The summed E-state index contributed by atoms with van der Waals surface area (Å²) >= 11 is 0. The van der Waals surface area contributed by atoms with E-state index in [1.165, 1.54) is 21.9 Å². The van der Waals surface area contributed by atoms with Gasteiger partial charge in [-0.3, -0.25) is 0 Å². The predicted molar refractivity (Wildman–Crippen MR) is 46.5 cm³/mol. The highest BCUT2D eigenvalue weighted by molar-refractivity contribution is 5.93. The Hall–Kier alpha value is -1.30. The van der Waals surface area contributed by atoms with Gasteiger partial charge in [0, 0.05) is 6.42 Å². The van der Waals surface area contributed by atoms with Gasteiger partial charge in [0.05, 0.1) is 0 Å². The van der Waals surface area contributed by atoms with Gasteiger partial charge in [-0.1, -0.05) is 36.4 Å². The Labute approximate surface area is 65.5 Å². The standard InChI is InChI=1S/C11H7/c1-2-4-10-8(3-1)5-6-9-7-11(9)10/h1-7H. The van der Waals surface area contributed by atoms with Crippen LogP contribution in [0.15, 0.2) is 36.4 Å². The number of rotatable bonds is 0. The molecule has 3 rings (SSSR count). The van der Waals surface area contributed by atoms with Gasteiger partial charge in [-0.25, -0.2) is 0 Å². The minimum atomic E-state index is 1.35. The zero-order valence-corrected chi connectivity index (χ0v) is 6.04. The maximum Gasteiger partial charge on any atom is 0.0211 e. The predicted octanol–water partition coefficient (Wildman–Crippen LogP) is 2.75. The van der Waals surface area contributed by atoms with Crippen molar-refractivity contribution in [1.29, 1.82) is 0 Å². The molecule has 0 N–H and O–H groups in total. The Morgan fingerprint density at radius 3 is 2.73 bits per heavy atom. The summed E-state index contributed by atoms with van der Waals surface area (Å²) in [5, 5.41) is 2.74. The topological polar surface area (TPSA) is 0 Å².